The molecule has 1 aromatic rings. The first-order chi connectivity index (χ1) is 6.36. The highest BCUT2D eigenvalue weighted by atomic mass is 19.4. The topological polar surface area (TPSA) is 82.7 Å². The molecule has 0 amide bonds. The van der Waals surface area contributed by atoms with Crippen LogP contribution in [-0.2, 0) is 6.18 Å². The minimum atomic E-state index is -4.77. The van der Waals surface area contributed by atoms with E-state index in [1.54, 1.807) is 4.98 Å². The molecule has 0 spiro atoms. The molecule has 0 unspecified atom stereocenters. The van der Waals surface area contributed by atoms with Gasteiger partial charge in [0.2, 0.25) is 5.69 Å². The SMILES string of the molecule is N#Cc1[nH]c([N+](=O)[O-])cc1C(F)(F)F. The number of nitriles is 1. The van der Waals surface area contributed by atoms with E-state index in [9.17, 15) is 23.3 Å². The minimum absolute atomic E-state index is 0.290. The summed E-state index contributed by atoms with van der Waals surface area (Å²) in [5, 5.41) is 18.4. The predicted molar refractivity (Wildman–Crippen MR) is 37.2 cm³/mol. The minimum Gasteiger partial charge on any atom is -0.358 e. The molecule has 1 rings (SSSR count). The summed E-state index contributed by atoms with van der Waals surface area (Å²) in [6.07, 6.45) is -4.77. The molecule has 74 valence electrons. The summed E-state index contributed by atoms with van der Waals surface area (Å²) in [5.74, 6) is -0.853. The van der Waals surface area contributed by atoms with Gasteiger partial charge >= 0.3 is 12.0 Å². The van der Waals surface area contributed by atoms with E-state index >= 15 is 0 Å². The number of nitro groups is 1. The van der Waals surface area contributed by atoms with Crippen molar-refractivity contribution in [2.24, 2.45) is 0 Å². The molecule has 0 atom stereocenters. The van der Waals surface area contributed by atoms with Crippen molar-refractivity contribution in [2.45, 2.75) is 6.18 Å². The van der Waals surface area contributed by atoms with Crippen LogP contribution in [0.25, 0.3) is 0 Å². The van der Waals surface area contributed by atoms with E-state index in [1.165, 1.54) is 6.07 Å². The zero-order valence-corrected chi connectivity index (χ0v) is 6.42. The number of aromatic amines is 1. The number of hydrogen-bond acceptors (Lipinski definition) is 3. The monoisotopic (exact) mass is 205 g/mol. The molecule has 1 aromatic heterocycles. The first-order valence-electron chi connectivity index (χ1n) is 3.21. The van der Waals surface area contributed by atoms with Crippen LogP contribution in [0.5, 0.6) is 0 Å². The van der Waals surface area contributed by atoms with Crippen LogP contribution in [0.15, 0.2) is 6.07 Å². The zero-order valence-electron chi connectivity index (χ0n) is 6.42. The molecule has 0 saturated heterocycles. The first kappa shape index (κ1) is 10.0. The number of nitrogens with one attached hydrogen (secondary N) is 1. The summed E-state index contributed by atoms with van der Waals surface area (Å²) in [7, 11) is 0. The molecule has 0 aliphatic rings. The Kier molecular flexibility index (Phi) is 2.17. The number of aromatic nitrogens is 1. The van der Waals surface area contributed by atoms with Crippen LogP contribution >= 0.6 is 0 Å². The maximum atomic E-state index is 12.1. The summed E-state index contributed by atoms with van der Waals surface area (Å²) in [5.41, 5.74) is -2.18. The second-order valence-corrected chi connectivity index (χ2v) is 2.31. The summed E-state index contributed by atoms with van der Waals surface area (Å²) in [6.45, 7) is 0. The summed E-state index contributed by atoms with van der Waals surface area (Å²) < 4.78 is 36.4. The van der Waals surface area contributed by atoms with Crippen molar-refractivity contribution in [1.82, 2.24) is 4.98 Å². The maximum absolute atomic E-state index is 12.1. The van der Waals surface area contributed by atoms with E-state index in [-0.39, 0.29) is 0 Å². The van der Waals surface area contributed by atoms with Gasteiger partial charge in [0.1, 0.15) is 11.6 Å². The lowest BCUT2D eigenvalue weighted by molar-refractivity contribution is -0.389. The molecule has 8 heteroatoms. The number of alkyl halides is 3. The zero-order chi connectivity index (χ0) is 10.9. The third kappa shape index (κ3) is 1.66. The number of halogens is 3. The van der Waals surface area contributed by atoms with E-state index < -0.39 is 28.2 Å². The lowest BCUT2D eigenvalue weighted by Crippen LogP contribution is -2.05. The number of nitrogens with zero attached hydrogens (tertiary/aromatic N) is 2. The molecule has 0 aromatic carbocycles. The lowest BCUT2D eigenvalue weighted by atomic mass is 10.2. The molecule has 0 saturated carbocycles. The van der Waals surface area contributed by atoms with Crippen LogP contribution in [0.4, 0.5) is 19.0 Å². The van der Waals surface area contributed by atoms with E-state index in [1.807, 2.05) is 0 Å². The van der Waals surface area contributed by atoms with Crippen molar-refractivity contribution >= 4 is 5.82 Å². The molecule has 0 fully saturated rings. The molecule has 1 N–H and O–H groups in total. The smallest absolute Gasteiger partial charge is 0.358 e. The Labute approximate surface area is 74.9 Å². The second-order valence-electron chi connectivity index (χ2n) is 2.31. The van der Waals surface area contributed by atoms with Crippen molar-refractivity contribution < 1.29 is 18.1 Å². The Morgan fingerprint density at radius 2 is 2.14 bits per heavy atom. The number of H-pyrrole nitrogens is 1. The maximum Gasteiger partial charge on any atom is 0.421 e. The summed E-state index contributed by atoms with van der Waals surface area (Å²) in [4.78, 5) is 10.8. The normalized spacial score (nSPS) is 11.0. The fourth-order valence-corrected chi connectivity index (χ4v) is 0.850. The van der Waals surface area contributed by atoms with Gasteiger partial charge in [-0.2, -0.15) is 18.4 Å². The Bertz CT molecular complexity index is 415. The van der Waals surface area contributed by atoms with Gasteiger partial charge in [-0.3, -0.25) is 0 Å². The van der Waals surface area contributed by atoms with Crippen LogP contribution in [0.2, 0.25) is 0 Å². The molecule has 0 aliphatic carbocycles. The highest BCUT2D eigenvalue weighted by Gasteiger charge is 2.38. The van der Waals surface area contributed by atoms with Crippen molar-refractivity contribution in [3.05, 3.63) is 27.4 Å². The third-order valence-electron chi connectivity index (χ3n) is 1.42. The summed E-state index contributed by atoms with van der Waals surface area (Å²) >= 11 is 0. The molecule has 0 aliphatic heterocycles. The Morgan fingerprint density at radius 3 is 2.43 bits per heavy atom. The highest BCUT2D eigenvalue weighted by Crippen LogP contribution is 2.33. The van der Waals surface area contributed by atoms with E-state index in [4.69, 9.17) is 5.26 Å². The fraction of sp³-hybridized carbons (Fsp3) is 0.167. The van der Waals surface area contributed by atoms with E-state index in [2.05, 4.69) is 0 Å². The predicted octanol–water partition coefficient (Wildman–Crippen LogP) is 1.81. The van der Waals surface area contributed by atoms with Crippen molar-refractivity contribution in [2.75, 3.05) is 0 Å². The van der Waals surface area contributed by atoms with Crippen molar-refractivity contribution in [3.8, 4) is 6.07 Å². The van der Waals surface area contributed by atoms with Gasteiger partial charge in [0.25, 0.3) is 0 Å². The number of hydrogen-bond donors (Lipinski definition) is 1. The van der Waals surface area contributed by atoms with E-state index in [0.717, 1.165) is 0 Å². The quantitative estimate of drug-likeness (QED) is 0.560. The fourth-order valence-electron chi connectivity index (χ4n) is 0.850. The average molecular weight is 205 g/mol. The lowest BCUT2D eigenvalue weighted by Gasteiger charge is -2.00. The highest BCUT2D eigenvalue weighted by molar-refractivity contribution is 5.42. The van der Waals surface area contributed by atoms with Crippen molar-refractivity contribution in [3.63, 3.8) is 0 Å². The Hall–Kier alpha value is -2.04. The Balaban J connectivity index is 3.31. The molecule has 0 radical (unpaired) electrons. The van der Waals surface area contributed by atoms with Gasteiger partial charge in [0, 0.05) is 6.07 Å². The van der Waals surface area contributed by atoms with Crippen LogP contribution in [0, 0.1) is 21.4 Å². The van der Waals surface area contributed by atoms with Gasteiger partial charge in [-0.1, -0.05) is 0 Å². The van der Waals surface area contributed by atoms with Crippen molar-refractivity contribution in [1.29, 1.82) is 5.26 Å². The molecule has 0 bridgehead atoms. The first-order valence-corrected chi connectivity index (χ1v) is 3.21. The van der Waals surface area contributed by atoms with Gasteiger partial charge < -0.3 is 10.1 Å². The van der Waals surface area contributed by atoms with Crippen LogP contribution in [-0.4, -0.2) is 9.91 Å². The average Bonchev–Trinajstić information content (AvgIpc) is 2.46. The third-order valence-corrected chi connectivity index (χ3v) is 1.42. The van der Waals surface area contributed by atoms with Gasteiger partial charge in [-0.25, -0.2) is 4.98 Å². The molecular formula is C6H2F3N3O2. The molecule has 5 nitrogen and oxygen atoms in total. The standard InChI is InChI=1S/C6H2F3N3O2/c7-6(8,9)3-1-5(12(13)14)11-4(3)2-10/h1,11H. The Morgan fingerprint density at radius 1 is 1.57 bits per heavy atom. The van der Waals surface area contributed by atoms with Gasteiger partial charge in [-0.05, 0) is 4.92 Å². The van der Waals surface area contributed by atoms with Crippen LogP contribution in [0.3, 0.4) is 0 Å². The molecule has 1 heterocycles. The molecular weight excluding hydrogens is 203 g/mol. The van der Waals surface area contributed by atoms with Crippen LogP contribution < -0.4 is 0 Å². The largest absolute Gasteiger partial charge is 0.421 e. The van der Waals surface area contributed by atoms with Gasteiger partial charge in [-0.15, -0.1) is 0 Å². The summed E-state index contributed by atoms with van der Waals surface area (Å²) in [6, 6.07) is 1.49. The molecule has 14 heavy (non-hydrogen) atoms. The van der Waals surface area contributed by atoms with Gasteiger partial charge in [0.05, 0.1) is 0 Å². The van der Waals surface area contributed by atoms with E-state index in [0.29, 0.717) is 6.07 Å². The second kappa shape index (κ2) is 3.02. The van der Waals surface area contributed by atoms with Gasteiger partial charge in [0.15, 0.2) is 0 Å². The van der Waals surface area contributed by atoms with Crippen LogP contribution in [0.1, 0.15) is 11.3 Å². The number of rotatable bonds is 1.